The number of benzene rings is 1. The van der Waals surface area contributed by atoms with Crippen LogP contribution in [0.3, 0.4) is 0 Å². The van der Waals surface area contributed by atoms with Gasteiger partial charge >= 0.3 is 36.6 Å². The topological polar surface area (TPSA) is 124 Å². The van der Waals surface area contributed by atoms with Gasteiger partial charge in [0.15, 0.2) is 0 Å². The Morgan fingerprint density at radius 1 is 0.583 bits per heavy atom. The average Bonchev–Trinajstić information content (AvgIpc) is 3.01. The molecule has 0 spiro atoms. The fourth-order valence-corrected chi connectivity index (χ4v) is 10.9. The molecule has 1 N–H and O–H groups in total. The van der Waals surface area contributed by atoms with E-state index in [0.29, 0.717) is 36.8 Å². The fraction of sp³-hybridized carbons (Fsp3) is 0.800. The quantitative estimate of drug-likeness (QED) is 0.178. The number of sulfonamides is 2. The monoisotopic (exact) mass is 757 g/mol. The van der Waals surface area contributed by atoms with Crippen LogP contribution in [0, 0.1) is 0 Å². The molecule has 0 saturated heterocycles. The second-order valence-electron chi connectivity index (χ2n) is 13.5. The van der Waals surface area contributed by atoms with Crippen LogP contribution in [0.25, 0.3) is 0 Å². The lowest BCUT2D eigenvalue weighted by molar-refractivity contribution is -0.152. The van der Waals surface area contributed by atoms with Crippen molar-refractivity contribution in [2.75, 3.05) is 0 Å². The summed E-state index contributed by atoms with van der Waals surface area (Å²) in [6.07, 6.45) is 12.0. The van der Waals surface area contributed by atoms with Crippen LogP contribution in [0.1, 0.15) is 145 Å². The summed E-state index contributed by atoms with van der Waals surface area (Å²) in [4.78, 5) is 0. The Morgan fingerprint density at radius 2 is 0.958 bits per heavy atom. The zero-order valence-corrected chi connectivity index (χ0v) is 29.2. The second kappa shape index (κ2) is 13.8. The molecular weight excluding hydrogens is 716 g/mol. The van der Waals surface area contributed by atoms with Gasteiger partial charge in [-0.25, -0.2) is 25.6 Å². The summed E-state index contributed by atoms with van der Waals surface area (Å²) < 4.78 is 181. The molecule has 0 aromatic heterocycles. The van der Waals surface area contributed by atoms with Crippen LogP contribution in [0.15, 0.2) is 12.1 Å². The summed E-state index contributed by atoms with van der Waals surface area (Å²) in [6, 6.07) is 3.54. The summed E-state index contributed by atoms with van der Waals surface area (Å²) in [7, 11) is -20.3. The van der Waals surface area contributed by atoms with Gasteiger partial charge in [-0.1, -0.05) is 74.0 Å². The van der Waals surface area contributed by atoms with Gasteiger partial charge in [0, 0.05) is 0 Å². The van der Waals surface area contributed by atoms with Crippen molar-refractivity contribution in [1.29, 1.82) is 0 Å². The van der Waals surface area contributed by atoms with Crippen LogP contribution in [-0.2, 0) is 30.2 Å². The van der Waals surface area contributed by atoms with E-state index >= 15 is 17.6 Å². The summed E-state index contributed by atoms with van der Waals surface area (Å²) in [5.41, 5.74) is -4.73. The molecule has 8 nitrogen and oxygen atoms in total. The van der Waals surface area contributed by atoms with Crippen molar-refractivity contribution in [3.8, 4) is 5.75 Å². The van der Waals surface area contributed by atoms with Crippen LogP contribution in [0.4, 0.5) is 30.7 Å². The van der Waals surface area contributed by atoms with Crippen molar-refractivity contribution in [2.24, 2.45) is 0 Å². The number of halogens is 7. The van der Waals surface area contributed by atoms with Crippen molar-refractivity contribution in [1.82, 2.24) is 4.13 Å². The Balaban J connectivity index is 1.84. The van der Waals surface area contributed by atoms with Crippen LogP contribution in [0.2, 0.25) is 0 Å². The Labute approximate surface area is 277 Å². The smallest absolute Gasteiger partial charge is 0.379 e. The molecular formula is C30H42F7NO7S3. The van der Waals surface area contributed by atoms with E-state index < -0.39 is 58.5 Å². The largest absolute Gasteiger partial charge is 0.512 e. The summed E-state index contributed by atoms with van der Waals surface area (Å²) in [6.45, 7) is -1.00. The van der Waals surface area contributed by atoms with E-state index in [0.717, 1.165) is 76.2 Å². The van der Waals surface area contributed by atoms with Gasteiger partial charge in [0.2, 0.25) is 0 Å². The first kappa shape index (κ1) is 39.1. The molecule has 1 aromatic rings. The van der Waals surface area contributed by atoms with Crippen LogP contribution < -0.4 is 8.31 Å². The minimum Gasteiger partial charge on any atom is -0.379 e. The SMILES string of the molecule is CC(F)(C(F)(F)C(C)(F)S(=O)(=O)Oc1c(C2CCCCC2)cc(C2CCCCC2)cc1C1CCCCC1)S(=O)(=O)NS(=O)(=O)C(F)(F)F. The first-order valence-electron chi connectivity index (χ1n) is 16.2. The third-order valence-corrected chi connectivity index (χ3v) is 15.4. The zero-order valence-electron chi connectivity index (χ0n) is 26.7. The van der Waals surface area contributed by atoms with Crippen molar-refractivity contribution >= 4 is 30.2 Å². The molecule has 3 aliphatic rings. The highest BCUT2D eigenvalue weighted by Gasteiger charge is 2.77. The van der Waals surface area contributed by atoms with E-state index in [1.807, 2.05) is 0 Å². The van der Waals surface area contributed by atoms with Gasteiger partial charge in [-0.05, 0) is 86.8 Å². The average molecular weight is 758 g/mol. The molecule has 18 heteroatoms. The maximum atomic E-state index is 16.2. The minimum absolute atomic E-state index is 0.141. The minimum atomic E-state index is -6.99. The number of alkyl halides is 7. The van der Waals surface area contributed by atoms with Crippen molar-refractivity contribution in [2.45, 2.75) is 149 Å². The first-order valence-corrected chi connectivity index (χ1v) is 20.6. The highest BCUT2D eigenvalue weighted by Crippen LogP contribution is 2.52. The highest BCUT2D eigenvalue weighted by molar-refractivity contribution is 8.05. The predicted molar refractivity (Wildman–Crippen MR) is 164 cm³/mol. The van der Waals surface area contributed by atoms with Gasteiger partial charge in [0.05, 0.1) is 0 Å². The molecule has 48 heavy (non-hydrogen) atoms. The normalized spacial score (nSPS) is 22.9. The van der Waals surface area contributed by atoms with E-state index in [2.05, 4.69) is 0 Å². The molecule has 0 radical (unpaired) electrons. The molecule has 3 fully saturated rings. The Bertz CT molecular complexity index is 1600. The summed E-state index contributed by atoms with van der Waals surface area (Å²) in [5, 5.41) is -10.8. The summed E-state index contributed by atoms with van der Waals surface area (Å²) in [5.74, 6) is -7.03. The Kier molecular flexibility index (Phi) is 11.3. The first-order chi connectivity index (χ1) is 22.0. The lowest BCUT2D eigenvalue weighted by Gasteiger charge is -2.37. The van der Waals surface area contributed by atoms with Crippen LogP contribution in [-0.4, -0.2) is 46.7 Å². The van der Waals surface area contributed by atoms with Gasteiger partial charge in [0.1, 0.15) is 5.75 Å². The number of hydrogen-bond donors (Lipinski definition) is 1. The number of rotatable bonds is 11. The van der Waals surface area contributed by atoms with Crippen molar-refractivity contribution in [3.05, 3.63) is 28.8 Å². The van der Waals surface area contributed by atoms with E-state index in [4.69, 9.17) is 4.18 Å². The fourth-order valence-electron chi connectivity index (χ4n) is 7.08. The van der Waals surface area contributed by atoms with E-state index in [9.17, 15) is 38.4 Å². The third-order valence-electron chi connectivity index (χ3n) is 10.1. The van der Waals surface area contributed by atoms with E-state index in [1.54, 1.807) is 12.1 Å². The predicted octanol–water partition coefficient (Wildman–Crippen LogP) is 8.31. The Morgan fingerprint density at radius 3 is 1.33 bits per heavy atom. The van der Waals surface area contributed by atoms with E-state index in [1.165, 1.54) is 0 Å². The molecule has 0 amide bonds. The standard InChI is InChI=1S/C30H42F7NO7S3/c1-27(31,46(39,40)38-47(41,42)30(35,36)37)29(33,34)28(2,32)48(43,44)45-26-24(21-14-8-4-9-15-21)18-23(20-12-6-3-7-13-20)19-25(26)22-16-10-5-11-17-22/h18-22,38H,3-17H2,1-2H3. The molecule has 0 aliphatic heterocycles. The van der Waals surface area contributed by atoms with Gasteiger partial charge in [-0.2, -0.15) is 30.4 Å². The molecule has 2 unspecified atom stereocenters. The van der Waals surface area contributed by atoms with Crippen LogP contribution in [0.5, 0.6) is 5.75 Å². The molecule has 3 aliphatic carbocycles. The molecule has 1 aromatic carbocycles. The molecule has 3 saturated carbocycles. The van der Waals surface area contributed by atoms with E-state index in [-0.39, 0.29) is 34.6 Å². The lowest BCUT2D eigenvalue weighted by atomic mass is 9.75. The van der Waals surface area contributed by atoms with Crippen molar-refractivity contribution in [3.63, 3.8) is 0 Å². The molecule has 0 bridgehead atoms. The zero-order chi connectivity index (χ0) is 36.0. The van der Waals surface area contributed by atoms with Gasteiger partial charge in [0.25, 0.3) is 15.0 Å². The molecule has 2 atom stereocenters. The molecule has 4 rings (SSSR count). The Hall–Kier alpha value is -1.66. The lowest BCUT2D eigenvalue weighted by Crippen LogP contribution is -2.65. The third kappa shape index (κ3) is 7.37. The number of nitrogens with one attached hydrogen (secondary N) is 1. The molecule has 0 heterocycles. The summed E-state index contributed by atoms with van der Waals surface area (Å²) >= 11 is 0. The second-order valence-corrected chi connectivity index (χ2v) is 19.3. The maximum absolute atomic E-state index is 16.2. The maximum Gasteiger partial charge on any atom is 0.512 e. The van der Waals surface area contributed by atoms with Crippen molar-refractivity contribution < 1.29 is 60.2 Å². The number of hydrogen-bond acceptors (Lipinski definition) is 7. The van der Waals surface area contributed by atoms with Crippen LogP contribution >= 0.6 is 0 Å². The van der Waals surface area contributed by atoms with Gasteiger partial charge in [-0.15, -0.1) is 0 Å². The van der Waals surface area contributed by atoms with Gasteiger partial charge < -0.3 is 4.18 Å². The molecule has 276 valence electrons. The van der Waals surface area contributed by atoms with Gasteiger partial charge in [-0.3, -0.25) is 0 Å². The highest BCUT2D eigenvalue weighted by atomic mass is 32.3.